The number of rotatable bonds is 6. The van der Waals surface area contributed by atoms with E-state index in [1.54, 1.807) is 16.8 Å². The van der Waals surface area contributed by atoms with Crippen molar-refractivity contribution in [1.29, 1.82) is 0 Å². The van der Waals surface area contributed by atoms with Crippen LogP contribution in [0.4, 0.5) is 16.2 Å². The number of hydrogen-bond donors (Lipinski definition) is 1. The molecule has 1 fully saturated rings. The van der Waals surface area contributed by atoms with E-state index >= 15 is 0 Å². The molecule has 8 heteroatoms. The predicted octanol–water partition coefficient (Wildman–Crippen LogP) is 5.88. The van der Waals surface area contributed by atoms with Crippen molar-refractivity contribution >= 4 is 22.8 Å². The standard InChI is InChI=1S/C33H36FN7/c1-33(2,3)26-13-9-24(10-14-26)21-39-17-19-40(20-18-39)32-36-29(25-11-15-27(34)16-12-25)28-30(35)41(38-31(28)37-32)22-23-7-5-4-6-8-23/h4-16H,17-22,35H2,1-3H3. The van der Waals surface area contributed by atoms with Gasteiger partial charge < -0.3 is 10.6 Å². The quantitative estimate of drug-likeness (QED) is 0.285. The Balaban J connectivity index is 1.26. The molecule has 210 valence electrons. The lowest BCUT2D eigenvalue weighted by Crippen LogP contribution is -2.46. The molecule has 3 aromatic carbocycles. The van der Waals surface area contributed by atoms with Gasteiger partial charge in [0.05, 0.1) is 17.6 Å². The van der Waals surface area contributed by atoms with Crippen LogP contribution in [0, 0.1) is 5.82 Å². The fourth-order valence-corrected chi connectivity index (χ4v) is 5.35. The van der Waals surface area contributed by atoms with Gasteiger partial charge in [0.2, 0.25) is 5.95 Å². The van der Waals surface area contributed by atoms with Crippen molar-refractivity contribution in [1.82, 2.24) is 24.6 Å². The molecule has 41 heavy (non-hydrogen) atoms. The lowest BCUT2D eigenvalue weighted by Gasteiger charge is -2.35. The molecule has 2 aromatic heterocycles. The topological polar surface area (TPSA) is 76.1 Å². The summed E-state index contributed by atoms with van der Waals surface area (Å²) < 4.78 is 15.6. The first-order chi connectivity index (χ1) is 19.7. The zero-order chi connectivity index (χ0) is 28.6. The van der Waals surface area contributed by atoms with E-state index in [1.165, 1.54) is 23.3 Å². The summed E-state index contributed by atoms with van der Waals surface area (Å²) in [6.07, 6.45) is 0. The number of nitrogens with zero attached hydrogens (tertiary/aromatic N) is 6. The van der Waals surface area contributed by atoms with E-state index in [2.05, 4.69) is 54.8 Å². The number of halogens is 1. The summed E-state index contributed by atoms with van der Waals surface area (Å²) in [5, 5.41) is 5.48. The number of anilines is 2. The summed E-state index contributed by atoms with van der Waals surface area (Å²) in [6, 6.07) is 25.4. The van der Waals surface area contributed by atoms with Crippen LogP contribution in [0.25, 0.3) is 22.3 Å². The van der Waals surface area contributed by atoms with Crippen molar-refractivity contribution < 1.29 is 4.39 Å². The van der Waals surface area contributed by atoms with Crippen LogP contribution in [0.2, 0.25) is 0 Å². The van der Waals surface area contributed by atoms with Crippen molar-refractivity contribution in [2.45, 2.75) is 39.3 Å². The first kappa shape index (κ1) is 26.9. The second-order valence-corrected chi connectivity index (χ2v) is 11.8. The number of benzene rings is 3. The molecule has 0 radical (unpaired) electrons. The fourth-order valence-electron chi connectivity index (χ4n) is 5.35. The van der Waals surface area contributed by atoms with Crippen LogP contribution in [0.15, 0.2) is 78.9 Å². The van der Waals surface area contributed by atoms with Crippen LogP contribution in [0.3, 0.4) is 0 Å². The van der Waals surface area contributed by atoms with E-state index in [0.29, 0.717) is 35.0 Å². The lowest BCUT2D eigenvalue weighted by molar-refractivity contribution is 0.248. The third kappa shape index (κ3) is 5.79. The maximum atomic E-state index is 13.8. The van der Waals surface area contributed by atoms with Gasteiger partial charge in [-0.3, -0.25) is 4.90 Å². The van der Waals surface area contributed by atoms with Gasteiger partial charge in [0.15, 0.2) is 5.65 Å². The van der Waals surface area contributed by atoms with Gasteiger partial charge in [-0.2, -0.15) is 4.98 Å². The minimum absolute atomic E-state index is 0.153. The molecule has 1 aliphatic rings. The molecule has 6 rings (SSSR count). The number of piperazine rings is 1. The van der Waals surface area contributed by atoms with Gasteiger partial charge in [-0.1, -0.05) is 75.4 Å². The molecule has 0 atom stereocenters. The number of nitrogen functional groups attached to an aromatic ring is 1. The van der Waals surface area contributed by atoms with Gasteiger partial charge in [-0.05, 0) is 46.4 Å². The highest BCUT2D eigenvalue weighted by Gasteiger charge is 2.24. The maximum absolute atomic E-state index is 13.8. The Morgan fingerprint density at radius 2 is 1.44 bits per heavy atom. The molecule has 0 spiro atoms. The number of aromatic nitrogens is 4. The van der Waals surface area contributed by atoms with Gasteiger partial charge in [-0.25, -0.2) is 14.1 Å². The Kier molecular flexibility index (Phi) is 7.17. The molecule has 0 saturated carbocycles. The van der Waals surface area contributed by atoms with Crippen LogP contribution in [-0.2, 0) is 18.5 Å². The molecule has 7 nitrogen and oxygen atoms in total. The highest BCUT2D eigenvalue weighted by atomic mass is 19.1. The molecule has 1 aliphatic heterocycles. The van der Waals surface area contributed by atoms with Gasteiger partial charge in [-0.15, -0.1) is 5.10 Å². The third-order valence-electron chi connectivity index (χ3n) is 7.80. The van der Waals surface area contributed by atoms with Crippen molar-refractivity contribution in [3.05, 3.63) is 101 Å². The monoisotopic (exact) mass is 549 g/mol. The second kappa shape index (κ2) is 10.9. The van der Waals surface area contributed by atoms with Gasteiger partial charge in [0.1, 0.15) is 11.6 Å². The molecular formula is C33H36FN7. The number of fused-ring (bicyclic) bond motifs is 1. The predicted molar refractivity (Wildman–Crippen MR) is 163 cm³/mol. The Hall–Kier alpha value is -4.30. The van der Waals surface area contributed by atoms with Crippen LogP contribution >= 0.6 is 0 Å². The van der Waals surface area contributed by atoms with E-state index < -0.39 is 0 Å². The summed E-state index contributed by atoms with van der Waals surface area (Å²) in [4.78, 5) is 14.5. The minimum Gasteiger partial charge on any atom is -0.383 e. The number of hydrogen-bond acceptors (Lipinski definition) is 6. The molecule has 0 bridgehead atoms. The molecule has 3 heterocycles. The summed E-state index contributed by atoms with van der Waals surface area (Å²) in [5.74, 6) is 0.823. The Bertz CT molecular complexity index is 1630. The second-order valence-electron chi connectivity index (χ2n) is 11.8. The normalized spacial score (nSPS) is 14.6. The zero-order valence-corrected chi connectivity index (χ0v) is 23.9. The maximum Gasteiger partial charge on any atom is 0.228 e. The average Bonchev–Trinajstić information content (AvgIpc) is 3.28. The highest BCUT2D eigenvalue weighted by Crippen LogP contribution is 2.33. The molecule has 1 saturated heterocycles. The van der Waals surface area contributed by atoms with E-state index in [9.17, 15) is 4.39 Å². The Morgan fingerprint density at radius 3 is 2.10 bits per heavy atom. The summed E-state index contributed by atoms with van der Waals surface area (Å²) in [7, 11) is 0. The third-order valence-corrected chi connectivity index (χ3v) is 7.80. The first-order valence-electron chi connectivity index (χ1n) is 14.2. The SMILES string of the molecule is CC(C)(C)c1ccc(CN2CCN(c3nc(-c4ccc(F)cc4)c4c(N)n(Cc5ccccc5)nc4n3)CC2)cc1. The molecule has 0 amide bonds. The smallest absolute Gasteiger partial charge is 0.228 e. The zero-order valence-electron chi connectivity index (χ0n) is 23.9. The molecule has 5 aromatic rings. The van der Waals surface area contributed by atoms with Crippen molar-refractivity contribution in [2.24, 2.45) is 0 Å². The van der Waals surface area contributed by atoms with E-state index in [4.69, 9.17) is 20.8 Å². The fraction of sp³-hybridized carbons (Fsp3) is 0.303. The van der Waals surface area contributed by atoms with Gasteiger partial charge >= 0.3 is 0 Å². The Morgan fingerprint density at radius 1 is 0.780 bits per heavy atom. The van der Waals surface area contributed by atoms with Gasteiger partial charge in [0, 0.05) is 38.3 Å². The largest absolute Gasteiger partial charge is 0.383 e. The summed E-state index contributed by atoms with van der Waals surface area (Å²) in [6.45, 7) is 11.6. The molecule has 0 unspecified atom stereocenters. The minimum atomic E-state index is -0.295. The van der Waals surface area contributed by atoms with E-state index in [0.717, 1.165) is 43.9 Å². The number of nitrogens with two attached hydrogens (primary N) is 1. The average molecular weight is 550 g/mol. The van der Waals surface area contributed by atoms with Crippen LogP contribution in [-0.4, -0.2) is 50.8 Å². The highest BCUT2D eigenvalue weighted by molar-refractivity contribution is 5.99. The van der Waals surface area contributed by atoms with E-state index in [-0.39, 0.29) is 11.2 Å². The van der Waals surface area contributed by atoms with Gasteiger partial charge in [0.25, 0.3) is 0 Å². The summed E-state index contributed by atoms with van der Waals surface area (Å²) in [5.41, 5.74) is 12.5. The van der Waals surface area contributed by atoms with Crippen LogP contribution in [0.5, 0.6) is 0 Å². The molecule has 2 N–H and O–H groups in total. The van der Waals surface area contributed by atoms with Crippen molar-refractivity contribution in [3.8, 4) is 11.3 Å². The summed E-state index contributed by atoms with van der Waals surface area (Å²) >= 11 is 0. The molecule has 0 aliphatic carbocycles. The van der Waals surface area contributed by atoms with Crippen molar-refractivity contribution in [3.63, 3.8) is 0 Å². The van der Waals surface area contributed by atoms with Crippen LogP contribution in [0.1, 0.15) is 37.5 Å². The lowest BCUT2D eigenvalue weighted by atomic mass is 9.87. The molecular weight excluding hydrogens is 513 g/mol. The Labute approximate surface area is 240 Å². The van der Waals surface area contributed by atoms with Crippen molar-refractivity contribution in [2.75, 3.05) is 36.8 Å². The van der Waals surface area contributed by atoms with E-state index in [1.807, 2.05) is 30.3 Å². The van der Waals surface area contributed by atoms with Crippen LogP contribution < -0.4 is 10.6 Å². The first-order valence-corrected chi connectivity index (χ1v) is 14.2.